The van der Waals surface area contributed by atoms with Gasteiger partial charge in [-0.1, -0.05) is 23.7 Å². The molecule has 0 heterocycles. The Labute approximate surface area is 109 Å². The smallest absolute Gasteiger partial charge is 0.271 e. The van der Waals surface area contributed by atoms with E-state index in [2.05, 4.69) is 0 Å². The molecule has 5 heteroatoms. The normalized spacial score (nSPS) is 10.1. The van der Waals surface area contributed by atoms with Crippen molar-refractivity contribution in [1.82, 2.24) is 0 Å². The SMILES string of the molecule is Cc1cccc(Oc2ccc([N+](=O)[O-])cc2Cl)c1. The number of non-ortho nitro benzene ring substituents is 1. The highest BCUT2D eigenvalue weighted by Crippen LogP contribution is 2.32. The highest BCUT2D eigenvalue weighted by atomic mass is 35.5. The molecule has 4 nitrogen and oxygen atoms in total. The van der Waals surface area contributed by atoms with Crippen LogP contribution >= 0.6 is 11.6 Å². The summed E-state index contributed by atoms with van der Waals surface area (Å²) < 4.78 is 5.57. The highest BCUT2D eigenvalue weighted by molar-refractivity contribution is 6.32. The van der Waals surface area contributed by atoms with Gasteiger partial charge >= 0.3 is 0 Å². The Morgan fingerprint density at radius 1 is 1.22 bits per heavy atom. The van der Waals surface area contributed by atoms with Gasteiger partial charge in [0, 0.05) is 12.1 Å². The molecule has 0 saturated carbocycles. The van der Waals surface area contributed by atoms with E-state index >= 15 is 0 Å². The summed E-state index contributed by atoms with van der Waals surface area (Å²) in [6.07, 6.45) is 0. The van der Waals surface area contributed by atoms with Crippen molar-refractivity contribution in [2.75, 3.05) is 0 Å². The number of hydrogen-bond acceptors (Lipinski definition) is 3. The minimum absolute atomic E-state index is 0.0587. The molecular weight excluding hydrogens is 254 g/mol. The molecule has 18 heavy (non-hydrogen) atoms. The lowest BCUT2D eigenvalue weighted by molar-refractivity contribution is -0.384. The molecule has 0 saturated heterocycles. The van der Waals surface area contributed by atoms with Crippen LogP contribution < -0.4 is 4.74 Å². The summed E-state index contributed by atoms with van der Waals surface area (Å²) in [6, 6.07) is 11.6. The maximum absolute atomic E-state index is 10.6. The lowest BCUT2D eigenvalue weighted by Gasteiger charge is -2.07. The quantitative estimate of drug-likeness (QED) is 0.611. The first-order valence-corrected chi connectivity index (χ1v) is 5.62. The molecule has 0 aliphatic heterocycles. The molecule has 0 aliphatic rings. The molecule has 0 bridgehead atoms. The molecule has 2 aromatic rings. The minimum atomic E-state index is -0.498. The van der Waals surface area contributed by atoms with Gasteiger partial charge in [-0.3, -0.25) is 10.1 Å². The molecule has 92 valence electrons. The van der Waals surface area contributed by atoms with Crippen LogP contribution in [-0.2, 0) is 0 Å². The van der Waals surface area contributed by atoms with Crippen LogP contribution in [0.15, 0.2) is 42.5 Å². The second-order valence-corrected chi connectivity index (χ2v) is 4.20. The average Bonchev–Trinajstić information content (AvgIpc) is 2.31. The van der Waals surface area contributed by atoms with E-state index in [-0.39, 0.29) is 10.7 Å². The van der Waals surface area contributed by atoms with Crippen molar-refractivity contribution < 1.29 is 9.66 Å². The fourth-order valence-corrected chi connectivity index (χ4v) is 1.71. The molecule has 0 unspecified atom stereocenters. The van der Waals surface area contributed by atoms with Crippen molar-refractivity contribution in [3.8, 4) is 11.5 Å². The number of nitro benzene ring substituents is 1. The number of benzene rings is 2. The molecule has 0 amide bonds. The summed E-state index contributed by atoms with van der Waals surface area (Å²) in [7, 11) is 0. The van der Waals surface area contributed by atoms with Gasteiger partial charge in [0.25, 0.3) is 5.69 Å². The Hall–Kier alpha value is -2.07. The van der Waals surface area contributed by atoms with E-state index in [1.807, 2.05) is 25.1 Å². The molecular formula is C13H10ClNO3. The Morgan fingerprint density at radius 3 is 2.61 bits per heavy atom. The van der Waals surface area contributed by atoms with Gasteiger partial charge < -0.3 is 4.74 Å². The molecule has 0 radical (unpaired) electrons. The predicted molar refractivity (Wildman–Crippen MR) is 69.4 cm³/mol. The van der Waals surface area contributed by atoms with E-state index in [9.17, 15) is 10.1 Å². The van der Waals surface area contributed by atoms with Crippen molar-refractivity contribution in [2.45, 2.75) is 6.92 Å². The standard InChI is InChI=1S/C13H10ClNO3/c1-9-3-2-4-11(7-9)18-13-6-5-10(15(16)17)8-12(13)14/h2-8H,1H3. The highest BCUT2D eigenvalue weighted by Gasteiger charge is 2.10. The summed E-state index contributed by atoms with van der Waals surface area (Å²) in [4.78, 5) is 10.1. The first kappa shape index (κ1) is 12.4. The van der Waals surface area contributed by atoms with Gasteiger partial charge in [0.05, 0.1) is 9.95 Å². The van der Waals surface area contributed by atoms with Gasteiger partial charge in [0.2, 0.25) is 0 Å². The topological polar surface area (TPSA) is 52.4 Å². The average molecular weight is 264 g/mol. The monoisotopic (exact) mass is 263 g/mol. The maximum Gasteiger partial charge on any atom is 0.271 e. The van der Waals surface area contributed by atoms with Crippen LogP contribution in [0, 0.1) is 17.0 Å². The third-order valence-electron chi connectivity index (χ3n) is 2.34. The first-order chi connectivity index (χ1) is 8.56. The molecule has 2 rings (SSSR count). The number of ether oxygens (including phenoxy) is 1. The van der Waals surface area contributed by atoms with Gasteiger partial charge in [0.1, 0.15) is 11.5 Å². The van der Waals surface area contributed by atoms with Gasteiger partial charge in [0.15, 0.2) is 0 Å². The zero-order valence-electron chi connectivity index (χ0n) is 9.59. The molecule has 0 aromatic heterocycles. The van der Waals surface area contributed by atoms with Crippen molar-refractivity contribution >= 4 is 17.3 Å². The zero-order valence-corrected chi connectivity index (χ0v) is 10.3. The molecule has 0 N–H and O–H groups in total. The summed E-state index contributed by atoms with van der Waals surface area (Å²) in [5, 5.41) is 10.8. The van der Waals surface area contributed by atoms with E-state index in [4.69, 9.17) is 16.3 Å². The van der Waals surface area contributed by atoms with Crippen LogP contribution in [0.1, 0.15) is 5.56 Å². The molecule has 2 aromatic carbocycles. The van der Waals surface area contributed by atoms with Crippen LogP contribution in [0.2, 0.25) is 5.02 Å². The predicted octanol–water partition coefficient (Wildman–Crippen LogP) is 4.35. The number of halogens is 1. The van der Waals surface area contributed by atoms with E-state index < -0.39 is 4.92 Å². The Morgan fingerprint density at radius 2 is 2.00 bits per heavy atom. The molecule has 0 aliphatic carbocycles. The summed E-state index contributed by atoms with van der Waals surface area (Å²) in [5.41, 5.74) is 1.00. The van der Waals surface area contributed by atoms with E-state index in [1.165, 1.54) is 18.2 Å². The van der Waals surface area contributed by atoms with Gasteiger partial charge in [-0.25, -0.2) is 0 Å². The Balaban J connectivity index is 2.27. The Kier molecular flexibility index (Phi) is 3.48. The largest absolute Gasteiger partial charge is 0.456 e. The van der Waals surface area contributed by atoms with Crippen molar-refractivity contribution in [3.05, 3.63) is 63.2 Å². The van der Waals surface area contributed by atoms with Crippen LogP contribution in [0.4, 0.5) is 5.69 Å². The van der Waals surface area contributed by atoms with Crippen molar-refractivity contribution in [3.63, 3.8) is 0 Å². The number of hydrogen-bond donors (Lipinski definition) is 0. The van der Waals surface area contributed by atoms with E-state index in [1.54, 1.807) is 6.07 Å². The van der Waals surface area contributed by atoms with E-state index in [0.29, 0.717) is 11.5 Å². The molecule has 0 spiro atoms. The second kappa shape index (κ2) is 5.06. The van der Waals surface area contributed by atoms with Crippen LogP contribution in [0.25, 0.3) is 0 Å². The third kappa shape index (κ3) is 2.78. The number of nitro groups is 1. The number of nitrogens with zero attached hydrogens (tertiary/aromatic N) is 1. The summed E-state index contributed by atoms with van der Waals surface area (Å²) in [5.74, 6) is 1.04. The third-order valence-corrected chi connectivity index (χ3v) is 2.64. The fourth-order valence-electron chi connectivity index (χ4n) is 1.49. The van der Waals surface area contributed by atoms with Crippen molar-refractivity contribution in [2.24, 2.45) is 0 Å². The fraction of sp³-hybridized carbons (Fsp3) is 0.0769. The van der Waals surface area contributed by atoms with Crippen LogP contribution in [0.3, 0.4) is 0 Å². The van der Waals surface area contributed by atoms with Gasteiger partial charge in [-0.15, -0.1) is 0 Å². The Bertz CT molecular complexity index is 599. The lowest BCUT2D eigenvalue weighted by atomic mass is 10.2. The number of rotatable bonds is 3. The van der Waals surface area contributed by atoms with Gasteiger partial charge in [-0.2, -0.15) is 0 Å². The maximum atomic E-state index is 10.6. The first-order valence-electron chi connectivity index (χ1n) is 5.25. The van der Waals surface area contributed by atoms with Crippen LogP contribution in [-0.4, -0.2) is 4.92 Å². The minimum Gasteiger partial charge on any atom is -0.456 e. The second-order valence-electron chi connectivity index (χ2n) is 3.79. The summed E-state index contributed by atoms with van der Waals surface area (Å²) in [6.45, 7) is 1.95. The summed E-state index contributed by atoms with van der Waals surface area (Å²) >= 11 is 5.93. The van der Waals surface area contributed by atoms with E-state index in [0.717, 1.165) is 5.56 Å². The zero-order chi connectivity index (χ0) is 13.1. The molecule has 0 atom stereocenters. The van der Waals surface area contributed by atoms with Gasteiger partial charge in [-0.05, 0) is 30.7 Å². The number of aryl methyl sites for hydroxylation is 1. The van der Waals surface area contributed by atoms with Crippen molar-refractivity contribution in [1.29, 1.82) is 0 Å². The molecule has 0 fully saturated rings. The van der Waals surface area contributed by atoms with Crippen LogP contribution in [0.5, 0.6) is 11.5 Å². The lowest BCUT2D eigenvalue weighted by Crippen LogP contribution is -1.90.